The van der Waals surface area contributed by atoms with Gasteiger partial charge in [0.05, 0.1) is 6.42 Å². The molecular weight excluding hydrogens is 254 g/mol. The van der Waals surface area contributed by atoms with Gasteiger partial charge in [-0.1, -0.05) is 6.07 Å². The van der Waals surface area contributed by atoms with Gasteiger partial charge in [0.1, 0.15) is 5.65 Å². The zero-order valence-corrected chi connectivity index (χ0v) is 11.4. The molecule has 3 aromatic rings. The van der Waals surface area contributed by atoms with Crippen LogP contribution in [0, 0.1) is 6.92 Å². The third kappa shape index (κ3) is 2.27. The standard InChI is InChI=1S/C14H15N5O/c1-10-8-12(17-18(10)2)16-14(20)9-11-4-3-5-13-15-6-7-19(11)13/h3-8H,9H2,1-2H3,(H,16,17,20). The summed E-state index contributed by atoms with van der Waals surface area (Å²) in [5, 5.41) is 7.01. The largest absolute Gasteiger partial charge is 0.309 e. The number of hydrogen-bond donors (Lipinski definition) is 1. The number of aromatic nitrogens is 4. The number of imidazole rings is 1. The Kier molecular flexibility index (Phi) is 2.98. The molecular formula is C14H15N5O. The zero-order chi connectivity index (χ0) is 14.1. The first-order valence-electron chi connectivity index (χ1n) is 6.35. The fraction of sp³-hybridized carbons (Fsp3) is 0.214. The van der Waals surface area contributed by atoms with E-state index in [0.29, 0.717) is 5.82 Å². The van der Waals surface area contributed by atoms with Gasteiger partial charge >= 0.3 is 0 Å². The molecule has 0 spiro atoms. The van der Waals surface area contributed by atoms with Crippen molar-refractivity contribution in [3.63, 3.8) is 0 Å². The van der Waals surface area contributed by atoms with Crippen LogP contribution < -0.4 is 5.32 Å². The van der Waals surface area contributed by atoms with Crippen LogP contribution in [0.25, 0.3) is 5.65 Å². The molecule has 0 saturated carbocycles. The summed E-state index contributed by atoms with van der Waals surface area (Å²) >= 11 is 0. The number of fused-ring (bicyclic) bond motifs is 1. The van der Waals surface area contributed by atoms with Crippen LogP contribution >= 0.6 is 0 Å². The van der Waals surface area contributed by atoms with Crippen LogP contribution in [-0.4, -0.2) is 25.1 Å². The molecule has 0 bridgehead atoms. The maximum atomic E-state index is 12.1. The van der Waals surface area contributed by atoms with Crippen molar-refractivity contribution in [3.8, 4) is 0 Å². The normalized spacial score (nSPS) is 10.9. The van der Waals surface area contributed by atoms with Crippen molar-refractivity contribution in [2.45, 2.75) is 13.3 Å². The third-order valence-corrected chi connectivity index (χ3v) is 3.24. The Hall–Kier alpha value is -2.63. The van der Waals surface area contributed by atoms with Gasteiger partial charge < -0.3 is 9.72 Å². The molecule has 102 valence electrons. The molecule has 3 aromatic heterocycles. The Bertz CT molecular complexity index is 751. The van der Waals surface area contributed by atoms with Gasteiger partial charge in [0.25, 0.3) is 0 Å². The molecule has 6 nitrogen and oxygen atoms in total. The van der Waals surface area contributed by atoms with Gasteiger partial charge in [0, 0.05) is 36.9 Å². The van der Waals surface area contributed by atoms with Crippen molar-refractivity contribution in [2.75, 3.05) is 5.32 Å². The molecule has 0 aliphatic rings. The molecule has 0 fully saturated rings. The maximum Gasteiger partial charge on any atom is 0.231 e. The minimum Gasteiger partial charge on any atom is -0.309 e. The van der Waals surface area contributed by atoms with Crippen molar-refractivity contribution in [1.82, 2.24) is 19.2 Å². The van der Waals surface area contributed by atoms with Crippen LogP contribution in [0.5, 0.6) is 0 Å². The van der Waals surface area contributed by atoms with Gasteiger partial charge in [-0.2, -0.15) is 5.10 Å². The molecule has 0 aliphatic heterocycles. The average molecular weight is 269 g/mol. The summed E-state index contributed by atoms with van der Waals surface area (Å²) < 4.78 is 3.63. The highest BCUT2D eigenvalue weighted by molar-refractivity contribution is 5.91. The highest BCUT2D eigenvalue weighted by Gasteiger charge is 2.09. The van der Waals surface area contributed by atoms with E-state index in [0.717, 1.165) is 17.0 Å². The summed E-state index contributed by atoms with van der Waals surface area (Å²) in [5.74, 6) is 0.483. The van der Waals surface area contributed by atoms with E-state index in [4.69, 9.17) is 0 Å². The Morgan fingerprint density at radius 3 is 3.00 bits per heavy atom. The number of hydrogen-bond acceptors (Lipinski definition) is 3. The number of aryl methyl sites for hydroxylation is 2. The monoisotopic (exact) mass is 269 g/mol. The Balaban J connectivity index is 1.77. The molecule has 6 heteroatoms. The van der Waals surface area contributed by atoms with Gasteiger partial charge in [-0.3, -0.25) is 9.48 Å². The molecule has 1 N–H and O–H groups in total. The predicted octanol–water partition coefficient (Wildman–Crippen LogP) is 1.56. The van der Waals surface area contributed by atoms with Gasteiger partial charge in [-0.15, -0.1) is 0 Å². The SMILES string of the molecule is Cc1cc(NC(=O)Cc2cccc3nccn23)nn1C. The number of carbonyl (C=O) groups is 1. The Labute approximate surface area is 116 Å². The van der Waals surface area contributed by atoms with Gasteiger partial charge in [0.2, 0.25) is 5.91 Å². The fourth-order valence-corrected chi connectivity index (χ4v) is 2.12. The van der Waals surface area contributed by atoms with E-state index >= 15 is 0 Å². The van der Waals surface area contributed by atoms with Crippen molar-refractivity contribution < 1.29 is 4.79 Å². The molecule has 3 heterocycles. The second-order valence-electron chi connectivity index (χ2n) is 4.69. The summed E-state index contributed by atoms with van der Waals surface area (Å²) in [7, 11) is 1.84. The summed E-state index contributed by atoms with van der Waals surface area (Å²) in [5.41, 5.74) is 2.73. The van der Waals surface area contributed by atoms with E-state index < -0.39 is 0 Å². The van der Waals surface area contributed by atoms with Crippen molar-refractivity contribution in [1.29, 1.82) is 0 Å². The summed E-state index contributed by atoms with van der Waals surface area (Å²) in [6.45, 7) is 1.94. The Morgan fingerprint density at radius 2 is 2.25 bits per heavy atom. The fourth-order valence-electron chi connectivity index (χ4n) is 2.12. The summed E-state index contributed by atoms with van der Waals surface area (Å²) in [6, 6.07) is 7.56. The van der Waals surface area contributed by atoms with Crippen molar-refractivity contribution in [3.05, 3.63) is 48.0 Å². The highest BCUT2D eigenvalue weighted by Crippen LogP contribution is 2.10. The molecule has 0 aliphatic carbocycles. The first kappa shape index (κ1) is 12.4. The first-order chi connectivity index (χ1) is 9.63. The van der Waals surface area contributed by atoms with E-state index in [1.54, 1.807) is 10.9 Å². The predicted molar refractivity (Wildman–Crippen MR) is 75.5 cm³/mol. The van der Waals surface area contributed by atoms with Crippen LogP contribution in [0.3, 0.4) is 0 Å². The minimum atomic E-state index is -0.0932. The number of nitrogens with zero attached hydrogens (tertiary/aromatic N) is 4. The van der Waals surface area contributed by atoms with Crippen LogP contribution in [0.1, 0.15) is 11.4 Å². The maximum absolute atomic E-state index is 12.1. The van der Waals surface area contributed by atoms with Crippen LogP contribution in [0.2, 0.25) is 0 Å². The lowest BCUT2D eigenvalue weighted by Gasteiger charge is -2.05. The lowest BCUT2D eigenvalue weighted by Crippen LogP contribution is -2.16. The topological polar surface area (TPSA) is 64.2 Å². The number of nitrogens with one attached hydrogen (secondary N) is 1. The smallest absolute Gasteiger partial charge is 0.231 e. The quantitative estimate of drug-likeness (QED) is 0.784. The average Bonchev–Trinajstić information content (AvgIpc) is 2.98. The summed E-state index contributed by atoms with van der Waals surface area (Å²) in [4.78, 5) is 16.3. The van der Waals surface area contributed by atoms with Crippen LogP contribution in [0.15, 0.2) is 36.7 Å². The molecule has 3 rings (SSSR count). The lowest BCUT2D eigenvalue weighted by molar-refractivity contribution is -0.115. The second kappa shape index (κ2) is 4.80. The second-order valence-corrected chi connectivity index (χ2v) is 4.69. The summed E-state index contributed by atoms with van der Waals surface area (Å²) in [6.07, 6.45) is 3.85. The van der Waals surface area contributed by atoms with E-state index in [2.05, 4.69) is 15.4 Å². The molecule has 0 unspecified atom stereocenters. The first-order valence-corrected chi connectivity index (χ1v) is 6.35. The Morgan fingerprint density at radius 1 is 1.40 bits per heavy atom. The molecule has 1 amide bonds. The zero-order valence-electron chi connectivity index (χ0n) is 11.4. The van der Waals surface area contributed by atoms with Crippen LogP contribution in [-0.2, 0) is 18.3 Å². The van der Waals surface area contributed by atoms with Crippen molar-refractivity contribution in [2.24, 2.45) is 7.05 Å². The number of anilines is 1. The molecule has 20 heavy (non-hydrogen) atoms. The van der Waals surface area contributed by atoms with Gasteiger partial charge in [-0.05, 0) is 19.1 Å². The van der Waals surface area contributed by atoms with E-state index in [-0.39, 0.29) is 12.3 Å². The number of rotatable bonds is 3. The number of carbonyl (C=O) groups excluding carboxylic acids is 1. The van der Waals surface area contributed by atoms with E-state index in [9.17, 15) is 4.79 Å². The van der Waals surface area contributed by atoms with Gasteiger partial charge in [-0.25, -0.2) is 4.98 Å². The molecule has 0 radical (unpaired) electrons. The van der Waals surface area contributed by atoms with E-state index in [1.807, 2.05) is 48.8 Å². The van der Waals surface area contributed by atoms with Crippen molar-refractivity contribution >= 4 is 17.4 Å². The highest BCUT2D eigenvalue weighted by atomic mass is 16.1. The molecule has 0 atom stereocenters. The number of amides is 1. The van der Waals surface area contributed by atoms with E-state index in [1.165, 1.54) is 0 Å². The minimum absolute atomic E-state index is 0.0932. The molecule has 0 aromatic carbocycles. The third-order valence-electron chi connectivity index (χ3n) is 3.24. The molecule has 0 saturated heterocycles. The lowest BCUT2D eigenvalue weighted by atomic mass is 10.2. The van der Waals surface area contributed by atoms with Crippen LogP contribution in [0.4, 0.5) is 5.82 Å². The van der Waals surface area contributed by atoms with Gasteiger partial charge in [0.15, 0.2) is 5.82 Å². The number of pyridine rings is 1.